The van der Waals surface area contributed by atoms with Crippen LogP contribution in [-0.2, 0) is 24.1 Å². The molecular weight excluding hydrogens is 609 g/mol. The molecule has 1 aliphatic heterocycles. The SMILES string of the molecule is Cc1ccc(NC(=O)c2cccc(NC(=O)CCN3C(=O)[C@H]4[C@H](C3=O)C3(Cl)c5ccccc5C4(Cl)c4ccccc43)c2)c(C)c1. The van der Waals surface area contributed by atoms with Crippen LogP contribution < -0.4 is 10.6 Å². The van der Waals surface area contributed by atoms with Crippen molar-refractivity contribution in [2.75, 3.05) is 17.2 Å². The molecule has 2 bridgehead atoms. The number of anilines is 2. The third-order valence-electron chi connectivity index (χ3n) is 9.28. The third kappa shape index (κ3) is 4.32. The number of nitrogens with one attached hydrogen (secondary N) is 2. The highest BCUT2D eigenvalue weighted by atomic mass is 35.5. The highest BCUT2D eigenvalue weighted by molar-refractivity contribution is 6.36. The van der Waals surface area contributed by atoms with Crippen LogP contribution in [0.1, 0.15) is 50.2 Å². The number of nitrogens with zero attached hydrogens (tertiary/aromatic N) is 1. The summed E-state index contributed by atoms with van der Waals surface area (Å²) >= 11 is 14.9. The summed E-state index contributed by atoms with van der Waals surface area (Å²) < 4.78 is 0. The van der Waals surface area contributed by atoms with Gasteiger partial charge in [-0.2, -0.15) is 0 Å². The van der Waals surface area contributed by atoms with E-state index >= 15 is 0 Å². The van der Waals surface area contributed by atoms with Gasteiger partial charge in [0.15, 0.2) is 0 Å². The number of imide groups is 1. The van der Waals surface area contributed by atoms with E-state index in [-0.39, 0.29) is 18.9 Å². The average molecular weight is 639 g/mol. The van der Waals surface area contributed by atoms with Gasteiger partial charge in [-0.1, -0.05) is 72.3 Å². The van der Waals surface area contributed by atoms with E-state index in [1.54, 1.807) is 24.3 Å². The van der Waals surface area contributed by atoms with Crippen LogP contribution in [0.2, 0.25) is 0 Å². The summed E-state index contributed by atoms with van der Waals surface area (Å²) in [6.07, 6.45) is -0.139. The van der Waals surface area contributed by atoms with Gasteiger partial charge in [0.2, 0.25) is 17.7 Å². The summed E-state index contributed by atoms with van der Waals surface area (Å²) in [7, 11) is 0. The molecule has 4 aromatic carbocycles. The Morgan fingerprint density at radius 3 is 1.82 bits per heavy atom. The quantitative estimate of drug-likeness (QED) is 0.187. The van der Waals surface area contributed by atoms with Gasteiger partial charge in [-0.25, -0.2) is 0 Å². The molecule has 2 N–H and O–H groups in total. The van der Waals surface area contributed by atoms with Crippen LogP contribution in [0.15, 0.2) is 91.0 Å². The van der Waals surface area contributed by atoms with Crippen LogP contribution in [-0.4, -0.2) is 35.1 Å². The summed E-state index contributed by atoms with van der Waals surface area (Å²) in [5.41, 5.74) is 6.44. The first-order chi connectivity index (χ1) is 21.5. The van der Waals surface area contributed by atoms with E-state index in [9.17, 15) is 19.2 Å². The Kier molecular flexibility index (Phi) is 6.87. The summed E-state index contributed by atoms with van der Waals surface area (Å²) in [6.45, 7) is 3.78. The van der Waals surface area contributed by atoms with Crippen molar-refractivity contribution in [3.63, 3.8) is 0 Å². The fraction of sp³-hybridized carbons (Fsp3) is 0.222. The van der Waals surface area contributed by atoms with Crippen molar-refractivity contribution >= 4 is 58.2 Å². The molecule has 1 saturated heterocycles. The molecule has 3 aliphatic carbocycles. The highest BCUT2D eigenvalue weighted by Crippen LogP contribution is 2.69. The standard InChI is InChI=1S/C36H29Cl2N3O4/c1-20-14-15-28(21(2)18-20)40-32(43)22-8-7-9-23(19-22)39-29(42)16-17-41-33(44)30-31(34(41)45)36(38)25-11-4-3-10-24(25)35(30,37)26-12-5-6-13-27(26)36/h3-15,18-19,30-31H,16-17H2,1-2H3,(H,39,42)(H,40,43)/t30-,31-,35?,36?/m1/s1. The number of halogens is 2. The molecular formula is C36H29Cl2N3O4. The minimum atomic E-state index is -1.27. The number of hydrogen-bond donors (Lipinski definition) is 2. The predicted octanol–water partition coefficient (Wildman–Crippen LogP) is 6.48. The van der Waals surface area contributed by atoms with Crippen molar-refractivity contribution in [1.82, 2.24) is 4.90 Å². The van der Waals surface area contributed by atoms with E-state index in [0.29, 0.717) is 16.9 Å². The number of amides is 4. The molecule has 9 heteroatoms. The second kappa shape index (κ2) is 10.6. The molecule has 226 valence electrons. The lowest BCUT2D eigenvalue weighted by Gasteiger charge is -2.54. The van der Waals surface area contributed by atoms with Crippen molar-refractivity contribution in [1.29, 1.82) is 0 Å². The largest absolute Gasteiger partial charge is 0.326 e. The van der Waals surface area contributed by atoms with E-state index in [1.165, 1.54) is 0 Å². The summed E-state index contributed by atoms with van der Waals surface area (Å²) in [5.74, 6) is -3.42. The summed E-state index contributed by atoms with van der Waals surface area (Å²) in [6, 6.07) is 27.3. The Bertz CT molecular complexity index is 1820. The monoisotopic (exact) mass is 637 g/mol. The van der Waals surface area contributed by atoms with E-state index in [2.05, 4.69) is 10.6 Å². The lowest BCUT2D eigenvalue weighted by Crippen LogP contribution is -2.57. The molecule has 2 atom stereocenters. The number of rotatable bonds is 6. The highest BCUT2D eigenvalue weighted by Gasteiger charge is 2.72. The lowest BCUT2D eigenvalue weighted by atomic mass is 9.54. The predicted molar refractivity (Wildman–Crippen MR) is 173 cm³/mol. The zero-order valence-corrected chi connectivity index (χ0v) is 26.1. The first-order valence-electron chi connectivity index (χ1n) is 14.8. The molecule has 4 aromatic rings. The number of carbonyl (C=O) groups is 4. The van der Waals surface area contributed by atoms with E-state index in [0.717, 1.165) is 38.3 Å². The van der Waals surface area contributed by atoms with Crippen molar-refractivity contribution in [3.8, 4) is 0 Å². The maximum Gasteiger partial charge on any atom is 0.255 e. The van der Waals surface area contributed by atoms with E-state index < -0.39 is 39.3 Å². The second-order valence-electron chi connectivity index (χ2n) is 11.9. The molecule has 8 rings (SSSR count). The average Bonchev–Trinajstić information content (AvgIpc) is 3.30. The number of hydrogen-bond acceptors (Lipinski definition) is 4. The number of carbonyl (C=O) groups excluding carboxylic acids is 4. The van der Waals surface area contributed by atoms with Crippen molar-refractivity contribution < 1.29 is 19.2 Å². The van der Waals surface area contributed by atoms with Crippen LogP contribution >= 0.6 is 23.2 Å². The van der Waals surface area contributed by atoms with Crippen LogP contribution in [0.5, 0.6) is 0 Å². The smallest absolute Gasteiger partial charge is 0.255 e. The minimum absolute atomic E-state index is 0.129. The van der Waals surface area contributed by atoms with Crippen LogP contribution in [0.3, 0.4) is 0 Å². The Morgan fingerprint density at radius 1 is 0.733 bits per heavy atom. The Labute approximate surface area is 270 Å². The minimum Gasteiger partial charge on any atom is -0.326 e. The van der Waals surface area contributed by atoms with Gasteiger partial charge in [-0.15, -0.1) is 23.2 Å². The van der Waals surface area contributed by atoms with E-state index in [4.69, 9.17) is 23.2 Å². The first kappa shape index (κ1) is 29.3. The maximum atomic E-state index is 14.0. The topological polar surface area (TPSA) is 95.6 Å². The molecule has 0 saturated carbocycles. The fourth-order valence-corrected chi connectivity index (χ4v) is 8.37. The van der Waals surface area contributed by atoms with Crippen LogP contribution in [0.4, 0.5) is 11.4 Å². The molecule has 0 aromatic heterocycles. The van der Waals surface area contributed by atoms with Gasteiger partial charge in [-0.3, -0.25) is 24.1 Å². The molecule has 0 unspecified atom stereocenters. The number of likely N-dealkylation sites (tertiary alicyclic amines) is 1. The molecule has 1 heterocycles. The number of benzene rings is 4. The Morgan fingerprint density at radius 2 is 1.29 bits per heavy atom. The van der Waals surface area contributed by atoms with Gasteiger partial charge in [0, 0.05) is 29.9 Å². The molecule has 45 heavy (non-hydrogen) atoms. The first-order valence-corrected chi connectivity index (χ1v) is 15.5. The van der Waals surface area contributed by atoms with Gasteiger partial charge in [-0.05, 0) is 65.9 Å². The van der Waals surface area contributed by atoms with Crippen molar-refractivity contribution in [2.45, 2.75) is 30.0 Å². The molecule has 0 radical (unpaired) electrons. The lowest BCUT2D eigenvalue weighted by molar-refractivity contribution is -0.140. The van der Waals surface area contributed by atoms with E-state index in [1.807, 2.05) is 80.6 Å². The molecule has 7 nitrogen and oxygen atoms in total. The van der Waals surface area contributed by atoms with Gasteiger partial charge >= 0.3 is 0 Å². The van der Waals surface area contributed by atoms with Crippen molar-refractivity contribution in [2.24, 2.45) is 11.8 Å². The summed E-state index contributed by atoms with van der Waals surface area (Å²) in [5, 5.41) is 5.70. The van der Waals surface area contributed by atoms with Crippen molar-refractivity contribution in [3.05, 3.63) is 130 Å². The van der Waals surface area contributed by atoms with Gasteiger partial charge in [0.25, 0.3) is 5.91 Å². The van der Waals surface area contributed by atoms with Crippen LogP contribution in [0.25, 0.3) is 0 Å². The number of aryl methyl sites for hydroxylation is 2. The molecule has 1 fully saturated rings. The van der Waals surface area contributed by atoms with Gasteiger partial charge < -0.3 is 10.6 Å². The molecule has 4 amide bonds. The molecule has 0 spiro atoms. The normalized spacial score (nSPS) is 24.1. The zero-order valence-electron chi connectivity index (χ0n) is 24.6. The Hall–Kier alpha value is -4.46. The maximum absolute atomic E-state index is 14.0. The number of alkyl halides is 2. The van der Waals surface area contributed by atoms with Crippen LogP contribution in [0, 0.1) is 25.7 Å². The summed E-state index contributed by atoms with van der Waals surface area (Å²) in [4.78, 5) is 52.5. The van der Waals surface area contributed by atoms with Gasteiger partial charge in [0.05, 0.1) is 11.8 Å². The third-order valence-corrected chi connectivity index (χ3v) is 10.6. The zero-order chi connectivity index (χ0) is 31.7. The fourth-order valence-electron chi connectivity index (χ4n) is 7.27. The van der Waals surface area contributed by atoms with Gasteiger partial charge in [0.1, 0.15) is 9.75 Å². The molecule has 4 aliphatic rings. The Balaban J connectivity index is 1.08. The second-order valence-corrected chi connectivity index (χ2v) is 13.1.